The van der Waals surface area contributed by atoms with E-state index in [4.69, 9.17) is 0 Å². The highest BCUT2D eigenvalue weighted by Gasteiger charge is 2.05. The van der Waals surface area contributed by atoms with Crippen molar-refractivity contribution in [2.24, 2.45) is 0 Å². The second-order valence-corrected chi connectivity index (χ2v) is 5.79. The van der Waals surface area contributed by atoms with Crippen LogP contribution in [0.4, 0.5) is 0 Å². The zero-order valence-corrected chi connectivity index (χ0v) is 13.5. The normalized spacial score (nSPS) is 10.8. The van der Waals surface area contributed by atoms with E-state index in [2.05, 4.69) is 17.2 Å². The molecular weight excluding hydrogens is 272 g/mol. The molecule has 0 saturated carbocycles. The number of fused-ring (bicyclic) bond motifs is 1. The second-order valence-electron chi connectivity index (χ2n) is 5.79. The summed E-state index contributed by atoms with van der Waals surface area (Å²) in [6, 6.07) is 9.52. The lowest BCUT2D eigenvalue weighted by Gasteiger charge is -2.06. The Kier molecular flexibility index (Phi) is 6.88. The largest absolute Gasteiger partial charge is 0.352 e. The summed E-state index contributed by atoms with van der Waals surface area (Å²) in [6.07, 6.45) is 10.6. The molecule has 0 radical (unpaired) electrons. The minimum absolute atomic E-state index is 0.0109. The Bertz CT molecular complexity index is 595. The average Bonchev–Trinajstić information content (AvgIpc) is 2.56. The Balaban J connectivity index is 1.70. The van der Waals surface area contributed by atoms with Gasteiger partial charge in [0, 0.05) is 23.7 Å². The number of rotatable bonds is 9. The Morgan fingerprint density at radius 2 is 1.82 bits per heavy atom. The van der Waals surface area contributed by atoms with Crippen LogP contribution in [0.5, 0.6) is 0 Å². The molecule has 0 aliphatic heterocycles. The minimum Gasteiger partial charge on any atom is -0.352 e. The van der Waals surface area contributed by atoms with Crippen LogP contribution in [0, 0.1) is 0 Å². The van der Waals surface area contributed by atoms with E-state index < -0.39 is 0 Å². The maximum atomic E-state index is 12.1. The van der Waals surface area contributed by atoms with Crippen molar-refractivity contribution in [3.05, 3.63) is 42.1 Å². The molecule has 1 heterocycles. The number of hydrogen-bond donors (Lipinski definition) is 1. The number of hydrogen-bond acceptors (Lipinski definition) is 2. The average molecular weight is 298 g/mol. The summed E-state index contributed by atoms with van der Waals surface area (Å²) >= 11 is 0. The van der Waals surface area contributed by atoms with Gasteiger partial charge >= 0.3 is 0 Å². The minimum atomic E-state index is 0.0109. The molecule has 3 nitrogen and oxygen atoms in total. The molecule has 0 aliphatic rings. The fraction of sp³-hybridized carbons (Fsp3) is 0.474. The van der Waals surface area contributed by atoms with Crippen LogP contribution in [0.15, 0.2) is 36.5 Å². The highest BCUT2D eigenvalue weighted by Crippen LogP contribution is 2.13. The van der Waals surface area contributed by atoms with Crippen LogP contribution < -0.4 is 5.32 Å². The van der Waals surface area contributed by atoms with Gasteiger partial charge in [-0.25, -0.2) is 0 Å². The second kappa shape index (κ2) is 9.19. The van der Waals surface area contributed by atoms with Crippen molar-refractivity contribution in [2.75, 3.05) is 6.54 Å². The Hall–Kier alpha value is -1.90. The smallest absolute Gasteiger partial charge is 0.251 e. The van der Waals surface area contributed by atoms with E-state index >= 15 is 0 Å². The zero-order chi connectivity index (χ0) is 15.6. The first kappa shape index (κ1) is 16.5. The molecule has 0 fully saturated rings. The summed E-state index contributed by atoms with van der Waals surface area (Å²) in [5, 5.41) is 4.01. The summed E-state index contributed by atoms with van der Waals surface area (Å²) in [6.45, 7) is 3.00. The van der Waals surface area contributed by atoms with E-state index in [1.165, 1.54) is 38.5 Å². The van der Waals surface area contributed by atoms with Gasteiger partial charge in [0.2, 0.25) is 0 Å². The molecule has 2 aromatic rings. The molecule has 0 spiro atoms. The van der Waals surface area contributed by atoms with Crippen LogP contribution in [-0.2, 0) is 0 Å². The third kappa shape index (κ3) is 5.14. The molecule has 2 rings (SSSR count). The van der Waals surface area contributed by atoms with Crippen molar-refractivity contribution in [3.8, 4) is 0 Å². The molecule has 0 atom stereocenters. The number of carbonyl (C=O) groups excluding carboxylic acids is 1. The van der Waals surface area contributed by atoms with Crippen LogP contribution in [0.1, 0.15) is 62.2 Å². The summed E-state index contributed by atoms with van der Waals surface area (Å²) in [4.78, 5) is 16.4. The summed E-state index contributed by atoms with van der Waals surface area (Å²) in [5.74, 6) is 0.0109. The van der Waals surface area contributed by atoms with Gasteiger partial charge in [-0.3, -0.25) is 9.78 Å². The van der Waals surface area contributed by atoms with Crippen molar-refractivity contribution in [2.45, 2.75) is 51.9 Å². The van der Waals surface area contributed by atoms with Gasteiger partial charge in [-0.1, -0.05) is 51.5 Å². The standard InChI is InChI=1S/C19H26N2O/c1-2-3-4-5-6-7-8-13-21-19(22)17-11-12-18-16(15-17)10-9-14-20-18/h9-12,14-15H,2-8,13H2,1H3,(H,21,22). The highest BCUT2D eigenvalue weighted by atomic mass is 16.1. The number of unbranched alkanes of at least 4 members (excludes halogenated alkanes) is 6. The third-order valence-electron chi connectivity index (χ3n) is 3.93. The van der Waals surface area contributed by atoms with Crippen molar-refractivity contribution < 1.29 is 4.79 Å². The molecule has 1 amide bonds. The van der Waals surface area contributed by atoms with E-state index in [0.29, 0.717) is 5.56 Å². The number of pyridine rings is 1. The van der Waals surface area contributed by atoms with Gasteiger partial charge in [-0.2, -0.15) is 0 Å². The number of nitrogens with zero attached hydrogens (tertiary/aromatic N) is 1. The lowest BCUT2D eigenvalue weighted by molar-refractivity contribution is 0.0953. The zero-order valence-electron chi connectivity index (χ0n) is 13.5. The van der Waals surface area contributed by atoms with Crippen molar-refractivity contribution in [1.29, 1.82) is 0 Å². The first-order chi connectivity index (χ1) is 10.8. The lowest BCUT2D eigenvalue weighted by atomic mass is 10.1. The lowest BCUT2D eigenvalue weighted by Crippen LogP contribution is -2.24. The topological polar surface area (TPSA) is 42.0 Å². The highest BCUT2D eigenvalue weighted by molar-refractivity contribution is 5.97. The van der Waals surface area contributed by atoms with Gasteiger partial charge in [0.05, 0.1) is 5.52 Å². The Morgan fingerprint density at radius 3 is 2.64 bits per heavy atom. The van der Waals surface area contributed by atoms with Gasteiger partial charge in [0.1, 0.15) is 0 Å². The van der Waals surface area contributed by atoms with Gasteiger partial charge in [0.25, 0.3) is 5.91 Å². The Morgan fingerprint density at radius 1 is 1.05 bits per heavy atom. The van der Waals surface area contributed by atoms with Gasteiger partial charge in [-0.05, 0) is 30.7 Å². The molecule has 22 heavy (non-hydrogen) atoms. The van der Waals surface area contributed by atoms with Crippen LogP contribution in [0.3, 0.4) is 0 Å². The monoisotopic (exact) mass is 298 g/mol. The maximum absolute atomic E-state index is 12.1. The molecule has 1 N–H and O–H groups in total. The molecule has 0 saturated heterocycles. The molecule has 0 bridgehead atoms. The van der Waals surface area contributed by atoms with Crippen LogP contribution >= 0.6 is 0 Å². The predicted molar refractivity (Wildman–Crippen MR) is 92.1 cm³/mol. The van der Waals surface area contributed by atoms with Crippen molar-refractivity contribution in [3.63, 3.8) is 0 Å². The third-order valence-corrected chi connectivity index (χ3v) is 3.93. The van der Waals surface area contributed by atoms with Crippen LogP contribution in [-0.4, -0.2) is 17.4 Å². The van der Waals surface area contributed by atoms with E-state index in [1.54, 1.807) is 6.20 Å². The summed E-state index contributed by atoms with van der Waals surface area (Å²) in [5.41, 5.74) is 1.63. The molecule has 0 aliphatic carbocycles. The SMILES string of the molecule is CCCCCCCCCNC(=O)c1ccc2ncccc2c1. The van der Waals surface area contributed by atoms with Crippen LogP contribution in [0.25, 0.3) is 10.9 Å². The van der Waals surface area contributed by atoms with Gasteiger partial charge < -0.3 is 5.32 Å². The number of amides is 1. The molecule has 0 unspecified atom stereocenters. The number of benzene rings is 1. The first-order valence-corrected chi connectivity index (χ1v) is 8.44. The summed E-state index contributed by atoms with van der Waals surface area (Å²) in [7, 11) is 0. The fourth-order valence-corrected chi connectivity index (χ4v) is 2.60. The Labute approximate surface area is 133 Å². The summed E-state index contributed by atoms with van der Waals surface area (Å²) < 4.78 is 0. The van der Waals surface area contributed by atoms with E-state index in [0.717, 1.165) is 23.9 Å². The molecule has 3 heteroatoms. The number of carbonyl (C=O) groups is 1. The van der Waals surface area contributed by atoms with Crippen molar-refractivity contribution in [1.82, 2.24) is 10.3 Å². The first-order valence-electron chi connectivity index (χ1n) is 8.44. The quantitative estimate of drug-likeness (QED) is 0.681. The molecule has 1 aromatic carbocycles. The van der Waals surface area contributed by atoms with E-state index in [1.807, 2.05) is 30.3 Å². The molecular formula is C19H26N2O. The number of aromatic nitrogens is 1. The molecule has 118 valence electrons. The maximum Gasteiger partial charge on any atom is 0.251 e. The van der Waals surface area contributed by atoms with E-state index in [-0.39, 0.29) is 5.91 Å². The number of nitrogens with one attached hydrogen (secondary N) is 1. The van der Waals surface area contributed by atoms with Gasteiger partial charge in [0.15, 0.2) is 0 Å². The van der Waals surface area contributed by atoms with E-state index in [9.17, 15) is 4.79 Å². The predicted octanol–water partition coefficient (Wildman–Crippen LogP) is 4.72. The van der Waals surface area contributed by atoms with Crippen LogP contribution in [0.2, 0.25) is 0 Å². The molecule has 1 aromatic heterocycles. The van der Waals surface area contributed by atoms with Crippen molar-refractivity contribution >= 4 is 16.8 Å². The van der Waals surface area contributed by atoms with Gasteiger partial charge in [-0.15, -0.1) is 0 Å². The fourth-order valence-electron chi connectivity index (χ4n) is 2.60.